The summed E-state index contributed by atoms with van der Waals surface area (Å²) in [6.07, 6.45) is 0. The number of aryl methyl sites for hydroxylation is 2. The number of thiazole rings is 1. The van der Waals surface area contributed by atoms with Crippen LogP contribution >= 0.6 is 34.5 Å². The maximum atomic E-state index is 13.3. The van der Waals surface area contributed by atoms with Crippen LogP contribution in [0.1, 0.15) is 0 Å². The number of pyridine rings is 1. The van der Waals surface area contributed by atoms with Gasteiger partial charge in [0.2, 0.25) is 0 Å². The monoisotopic (exact) mass is 512 g/mol. The van der Waals surface area contributed by atoms with Crippen molar-refractivity contribution >= 4 is 61.6 Å². The molecule has 3 aromatic heterocycles. The number of halogens is 2. The highest BCUT2D eigenvalue weighted by Gasteiger charge is 2.18. The molecule has 0 saturated heterocycles. The summed E-state index contributed by atoms with van der Waals surface area (Å²) in [5, 5.41) is 9.15. The van der Waals surface area contributed by atoms with E-state index in [1.807, 2.05) is 23.1 Å². The molecule has 5 rings (SSSR count). The van der Waals surface area contributed by atoms with Gasteiger partial charge in [-0.2, -0.15) is 0 Å². The van der Waals surface area contributed by atoms with E-state index in [1.54, 1.807) is 48.3 Å². The fraction of sp³-hybridized carbons (Fsp3) is 0.200. The molecular weight excluding hydrogens is 491 g/mol. The van der Waals surface area contributed by atoms with Gasteiger partial charge < -0.3 is 14.6 Å². The Hall–Kier alpha value is -2.84. The van der Waals surface area contributed by atoms with Crippen molar-refractivity contribution in [3.63, 3.8) is 0 Å². The number of fused-ring (bicyclic) bond motifs is 3. The number of hydrogen-bond donors (Lipinski definition) is 1. The number of nitrogens with one attached hydrogen (secondary N) is 1. The molecule has 34 heavy (non-hydrogen) atoms. The van der Waals surface area contributed by atoms with E-state index in [0.29, 0.717) is 34.3 Å². The lowest BCUT2D eigenvalue weighted by Gasteiger charge is -2.09. The zero-order chi connectivity index (χ0) is 24.0. The summed E-state index contributed by atoms with van der Waals surface area (Å²) < 4.78 is 8.81. The molecule has 0 saturated carbocycles. The zero-order valence-electron chi connectivity index (χ0n) is 18.9. The van der Waals surface area contributed by atoms with Gasteiger partial charge in [-0.3, -0.25) is 9.36 Å². The van der Waals surface area contributed by atoms with Gasteiger partial charge in [-0.15, -0.1) is 11.3 Å². The number of hydrogen-bond acceptors (Lipinski definition) is 5. The van der Waals surface area contributed by atoms with E-state index in [0.717, 1.165) is 38.3 Å². The van der Waals surface area contributed by atoms with Gasteiger partial charge in [-0.05, 0) is 30.3 Å². The first-order valence-corrected chi connectivity index (χ1v) is 12.3. The molecule has 174 valence electrons. The molecule has 6 nitrogen and oxygen atoms in total. The molecule has 0 aliphatic carbocycles. The van der Waals surface area contributed by atoms with Crippen LogP contribution in [-0.4, -0.2) is 34.4 Å². The molecule has 9 heteroatoms. The van der Waals surface area contributed by atoms with Crippen LogP contribution in [0.25, 0.3) is 44.3 Å². The molecule has 0 fully saturated rings. The van der Waals surface area contributed by atoms with Crippen LogP contribution in [0.3, 0.4) is 0 Å². The molecule has 0 unspecified atom stereocenters. The Kier molecular flexibility index (Phi) is 6.12. The largest absolute Gasteiger partial charge is 0.383 e. The van der Waals surface area contributed by atoms with Gasteiger partial charge in [0.1, 0.15) is 5.65 Å². The van der Waals surface area contributed by atoms with Crippen molar-refractivity contribution < 1.29 is 4.74 Å². The minimum atomic E-state index is -0.117. The first-order valence-electron chi connectivity index (χ1n) is 10.7. The number of rotatable bonds is 6. The van der Waals surface area contributed by atoms with Crippen LogP contribution < -0.4 is 10.9 Å². The lowest BCUT2D eigenvalue weighted by Crippen LogP contribution is -2.20. The zero-order valence-corrected chi connectivity index (χ0v) is 21.2. The van der Waals surface area contributed by atoms with Crippen molar-refractivity contribution in [2.75, 3.05) is 25.6 Å². The Morgan fingerprint density at radius 3 is 2.62 bits per heavy atom. The van der Waals surface area contributed by atoms with Crippen LogP contribution in [-0.2, 0) is 18.8 Å². The van der Waals surface area contributed by atoms with Crippen LogP contribution in [0.4, 0.5) is 5.13 Å². The van der Waals surface area contributed by atoms with Crippen molar-refractivity contribution in [3.05, 3.63) is 68.2 Å². The van der Waals surface area contributed by atoms with Gasteiger partial charge in [0, 0.05) is 65.6 Å². The highest BCUT2D eigenvalue weighted by molar-refractivity contribution is 7.14. The lowest BCUT2D eigenvalue weighted by molar-refractivity contribution is 0.211. The van der Waals surface area contributed by atoms with Gasteiger partial charge in [0.15, 0.2) is 5.13 Å². The fourth-order valence-corrected chi connectivity index (χ4v) is 5.56. The van der Waals surface area contributed by atoms with E-state index in [-0.39, 0.29) is 5.56 Å². The van der Waals surface area contributed by atoms with E-state index < -0.39 is 0 Å². The van der Waals surface area contributed by atoms with Crippen LogP contribution in [0.15, 0.2) is 52.6 Å². The Morgan fingerprint density at radius 1 is 1.03 bits per heavy atom. The second-order valence-corrected chi connectivity index (χ2v) is 9.73. The van der Waals surface area contributed by atoms with Crippen molar-refractivity contribution in [2.24, 2.45) is 14.1 Å². The molecular formula is C25H22Cl2N4O2S. The number of nitrogens with zero attached hydrogens (tertiary/aromatic N) is 3. The van der Waals surface area contributed by atoms with Crippen molar-refractivity contribution in [3.8, 4) is 22.4 Å². The van der Waals surface area contributed by atoms with Gasteiger partial charge in [-0.1, -0.05) is 35.3 Å². The molecule has 0 aliphatic heterocycles. The molecule has 3 heterocycles. The molecule has 0 aliphatic rings. The summed E-state index contributed by atoms with van der Waals surface area (Å²) in [4.78, 5) is 18.0. The molecule has 0 bridgehead atoms. The van der Waals surface area contributed by atoms with E-state index >= 15 is 0 Å². The highest BCUT2D eigenvalue weighted by atomic mass is 35.5. The smallest absolute Gasteiger partial charge is 0.259 e. The third-order valence-electron chi connectivity index (χ3n) is 5.95. The second-order valence-electron chi connectivity index (χ2n) is 8.03. The Bertz CT molecular complexity index is 1600. The topological polar surface area (TPSA) is 61.1 Å². The predicted octanol–water partition coefficient (Wildman–Crippen LogP) is 6.19. The van der Waals surface area contributed by atoms with E-state index in [4.69, 9.17) is 32.9 Å². The molecule has 0 spiro atoms. The summed E-state index contributed by atoms with van der Waals surface area (Å²) in [6, 6.07) is 13.4. The number of anilines is 1. The van der Waals surface area contributed by atoms with Crippen LogP contribution in [0.2, 0.25) is 10.0 Å². The maximum absolute atomic E-state index is 13.3. The minimum Gasteiger partial charge on any atom is -0.383 e. The van der Waals surface area contributed by atoms with E-state index in [9.17, 15) is 4.79 Å². The van der Waals surface area contributed by atoms with Crippen molar-refractivity contribution in [1.82, 2.24) is 14.1 Å². The normalized spacial score (nSPS) is 11.6. The summed E-state index contributed by atoms with van der Waals surface area (Å²) in [7, 11) is 5.44. The lowest BCUT2D eigenvalue weighted by atomic mass is 10.0. The molecule has 1 N–H and O–H groups in total. The fourth-order valence-electron chi connectivity index (χ4n) is 4.30. The van der Waals surface area contributed by atoms with Crippen molar-refractivity contribution in [1.29, 1.82) is 0 Å². The third kappa shape index (κ3) is 3.88. The Morgan fingerprint density at radius 2 is 1.85 bits per heavy atom. The highest BCUT2D eigenvalue weighted by Crippen LogP contribution is 2.35. The Labute approximate surface area is 210 Å². The molecule has 0 radical (unpaired) electrons. The minimum absolute atomic E-state index is 0.117. The van der Waals surface area contributed by atoms with E-state index in [1.165, 1.54) is 0 Å². The molecule has 5 aromatic rings. The first-order chi connectivity index (χ1) is 16.4. The van der Waals surface area contributed by atoms with E-state index in [2.05, 4.69) is 23.5 Å². The standard InChI is InChI=1S/C25H22Cl2N4O2S/c1-30-22-7-4-14(21-13-34-25(29-21)28-8-9-33-3)10-17(22)18-12-19(24(32)31(2)23(18)30)16-6-5-15(26)11-20(16)27/h4-7,10-13H,8-9H2,1-3H3,(H,28,29). The predicted molar refractivity (Wildman–Crippen MR) is 143 cm³/mol. The quantitative estimate of drug-likeness (QED) is 0.275. The third-order valence-corrected chi connectivity index (χ3v) is 7.30. The van der Waals surface area contributed by atoms with Gasteiger partial charge in [0.05, 0.1) is 22.8 Å². The van der Waals surface area contributed by atoms with Gasteiger partial charge in [0.25, 0.3) is 5.56 Å². The summed E-state index contributed by atoms with van der Waals surface area (Å²) in [5.41, 5.74) is 4.86. The maximum Gasteiger partial charge on any atom is 0.259 e. The summed E-state index contributed by atoms with van der Waals surface area (Å²) in [6.45, 7) is 1.32. The molecule has 0 atom stereocenters. The average Bonchev–Trinajstić information content (AvgIpc) is 3.39. The first kappa shape index (κ1) is 22.9. The Balaban J connectivity index is 1.68. The molecule has 0 amide bonds. The number of benzene rings is 2. The summed E-state index contributed by atoms with van der Waals surface area (Å²) >= 11 is 14.1. The van der Waals surface area contributed by atoms with Crippen LogP contribution in [0.5, 0.6) is 0 Å². The average molecular weight is 513 g/mol. The summed E-state index contributed by atoms with van der Waals surface area (Å²) in [5.74, 6) is 0. The number of methoxy groups -OCH3 is 1. The van der Waals surface area contributed by atoms with Crippen molar-refractivity contribution in [2.45, 2.75) is 0 Å². The van der Waals surface area contributed by atoms with Crippen LogP contribution in [0, 0.1) is 0 Å². The number of ether oxygens (including phenoxy) is 1. The number of aromatic nitrogens is 3. The SMILES string of the molecule is COCCNc1nc(-c2ccc3c(c2)c2cc(-c4ccc(Cl)cc4Cl)c(=O)n(C)c2n3C)cs1. The van der Waals surface area contributed by atoms with Gasteiger partial charge >= 0.3 is 0 Å². The second kappa shape index (κ2) is 9.07. The van der Waals surface area contributed by atoms with Gasteiger partial charge in [-0.25, -0.2) is 4.98 Å². The molecule has 2 aromatic carbocycles.